The third-order valence-electron chi connectivity index (χ3n) is 2.34. The first-order valence-corrected chi connectivity index (χ1v) is 5.07. The van der Waals surface area contributed by atoms with Crippen molar-refractivity contribution in [3.8, 4) is 0 Å². The van der Waals surface area contributed by atoms with Crippen molar-refractivity contribution in [2.24, 2.45) is 0 Å². The lowest BCUT2D eigenvalue weighted by Gasteiger charge is -2.39. The third kappa shape index (κ3) is 2.32. The first-order valence-electron chi connectivity index (χ1n) is 5.07. The lowest BCUT2D eigenvalue weighted by Crippen LogP contribution is -2.65. The number of amides is 3. The molecule has 0 aromatic heterocycles. The van der Waals surface area contributed by atoms with Crippen LogP contribution in [0.2, 0.25) is 0 Å². The van der Waals surface area contributed by atoms with Crippen LogP contribution in [0.15, 0.2) is 0 Å². The second-order valence-corrected chi connectivity index (χ2v) is 4.45. The molecule has 0 saturated carbocycles. The van der Waals surface area contributed by atoms with E-state index in [0.717, 1.165) is 4.90 Å². The average Bonchev–Trinajstić information content (AvgIpc) is 2.10. The van der Waals surface area contributed by atoms with Crippen molar-refractivity contribution < 1.29 is 19.1 Å². The number of hydrogen-bond donors (Lipinski definition) is 1. The number of ether oxygens (including phenoxy) is 1. The van der Waals surface area contributed by atoms with Crippen molar-refractivity contribution in [1.29, 1.82) is 0 Å². The highest BCUT2D eigenvalue weighted by Crippen LogP contribution is 2.19. The van der Waals surface area contributed by atoms with E-state index in [4.69, 9.17) is 4.74 Å². The molecule has 1 N–H and O–H groups in total. The molecule has 0 aromatic carbocycles. The van der Waals surface area contributed by atoms with Crippen LogP contribution in [0.1, 0.15) is 27.7 Å². The van der Waals surface area contributed by atoms with Gasteiger partial charge in [-0.05, 0) is 27.7 Å². The van der Waals surface area contributed by atoms with E-state index in [1.807, 2.05) is 0 Å². The summed E-state index contributed by atoms with van der Waals surface area (Å²) in [6.45, 7) is 6.38. The zero-order valence-corrected chi connectivity index (χ0v) is 9.86. The first-order chi connectivity index (χ1) is 7.25. The van der Waals surface area contributed by atoms with Gasteiger partial charge in [-0.15, -0.1) is 0 Å². The average molecular weight is 228 g/mol. The predicted octanol–water partition coefficient (Wildman–Crippen LogP) is 0.268. The van der Waals surface area contributed by atoms with Crippen molar-refractivity contribution in [2.75, 3.05) is 6.54 Å². The monoisotopic (exact) mass is 228 g/mol. The van der Waals surface area contributed by atoms with Gasteiger partial charge in [0.25, 0.3) is 5.91 Å². The number of carbonyl (C=O) groups excluding carboxylic acids is 3. The van der Waals surface area contributed by atoms with Gasteiger partial charge < -0.3 is 4.74 Å². The van der Waals surface area contributed by atoms with Crippen LogP contribution in [0, 0.1) is 0 Å². The first kappa shape index (κ1) is 12.5. The molecule has 1 heterocycles. The minimum absolute atomic E-state index is 0.162. The van der Waals surface area contributed by atoms with Gasteiger partial charge in [0.1, 0.15) is 12.1 Å². The number of piperazine rings is 1. The maximum Gasteiger partial charge on any atom is 0.411 e. The molecule has 90 valence electrons. The van der Waals surface area contributed by atoms with Gasteiger partial charge in [-0.25, -0.2) is 4.79 Å². The van der Waals surface area contributed by atoms with Crippen LogP contribution >= 0.6 is 0 Å². The Kier molecular flexibility index (Phi) is 3.21. The normalized spacial score (nSPS) is 19.7. The van der Waals surface area contributed by atoms with E-state index in [1.54, 1.807) is 27.7 Å². The highest BCUT2D eigenvalue weighted by atomic mass is 16.6. The highest BCUT2D eigenvalue weighted by Gasteiger charge is 2.44. The second kappa shape index (κ2) is 4.11. The van der Waals surface area contributed by atoms with Crippen LogP contribution in [-0.4, -0.2) is 41.0 Å². The molecule has 0 unspecified atom stereocenters. The van der Waals surface area contributed by atoms with Crippen LogP contribution in [0.5, 0.6) is 0 Å². The zero-order chi connectivity index (χ0) is 12.5. The Hall–Kier alpha value is -1.59. The van der Waals surface area contributed by atoms with E-state index in [-0.39, 0.29) is 12.6 Å². The number of hydrogen-bond acceptors (Lipinski definition) is 4. The summed E-state index contributed by atoms with van der Waals surface area (Å²) >= 11 is 0. The number of nitrogens with zero attached hydrogens (tertiary/aromatic N) is 1. The number of rotatable bonds is 1. The molecular weight excluding hydrogens is 212 g/mol. The van der Waals surface area contributed by atoms with Crippen LogP contribution in [0.4, 0.5) is 4.79 Å². The van der Waals surface area contributed by atoms with Crippen LogP contribution in [0.3, 0.4) is 0 Å². The van der Waals surface area contributed by atoms with E-state index < -0.39 is 23.4 Å². The van der Waals surface area contributed by atoms with Crippen molar-refractivity contribution in [2.45, 2.75) is 39.3 Å². The SMILES string of the molecule is CC(C)OC(=O)N1CC(=O)NC(=O)C1(C)C. The fourth-order valence-corrected chi connectivity index (χ4v) is 1.34. The number of imide groups is 1. The quantitative estimate of drug-likeness (QED) is 0.653. The third-order valence-corrected chi connectivity index (χ3v) is 2.34. The highest BCUT2D eigenvalue weighted by molar-refractivity contribution is 6.05. The van der Waals surface area contributed by atoms with Gasteiger partial charge in [0, 0.05) is 0 Å². The Morgan fingerprint density at radius 2 is 2.00 bits per heavy atom. The maximum absolute atomic E-state index is 11.7. The maximum atomic E-state index is 11.7. The molecule has 1 aliphatic heterocycles. The molecule has 0 atom stereocenters. The van der Waals surface area contributed by atoms with Gasteiger partial charge in [-0.1, -0.05) is 0 Å². The van der Waals surface area contributed by atoms with E-state index in [0.29, 0.717) is 0 Å². The molecule has 6 heteroatoms. The molecule has 0 spiro atoms. The van der Waals surface area contributed by atoms with Gasteiger partial charge in [0.15, 0.2) is 0 Å². The van der Waals surface area contributed by atoms with Crippen LogP contribution < -0.4 is 5.32 Å². The van der Waals surface area contributed by atoms with Gasteiger partial charge in [-0.3, -0.25) is 19.8 Å². The fraction of sp³-hybridized carbons (Fsp3) is 0.700. The van der Waals surface area contributed by atoms with Gasteiger partial charge in [-0.2, -0.15) is 0 Å². The lowest BCUT2D eigenvalue weighted by atomic mass is 9.99. The lowest BCUT2D eigenvalue weighted by molar-refractivity contribution is -0.144. The molecule has 0 aromatic rings. The molecule has 0 radical (unpaired) electrons. The summed E-state index contributed by atoms with van der Waals surface area (Å²) in [5.74, 6) is -0.991. The largest absolute Gasteiger partial charge is 0.447 e. The fourth-order valence-electron chi connectivity index (χ4n) is 1.34. The molecule has 6 nitrogen and oxygen atoms in total. The molecule has 1 aliphatic rings. The summed E-state index contributed by atoms with van der Waals surface area (Å²) in [4.78, 5) is 35.5. The zero-order valence-electron chi connectivity index (χ0n) is 9.86. The van der Waals surface area contributed by atoms with Gasteiger partial charge in [0.05, 0.1) is 6.10 Å². The van der Waals surface area contributed by atoms with E-state index in [1.165, 1.54) is 0 Å². The van der Waals surface area contributed by atoms with Crippen LogP contribution in [-0.2, 0) is 14.3 Å². The molecule has 1 rings (SSSR count). The molecule has 1 saturated heterocycles. The van der Waals surface area contributed by atoms with E-state index in [2.05, 4.69) is 5.32 Å². The van der Waals surface area contributed by atoms with Crippen LogP contribution in [0.25, 0.3) is 0 Å². The molecule has 1 fully saturated rings. The Morgan fingerprint density at radius 3 is 2.50 bits per heavy atom. The number of nitrogens with one attached hydrogen (secondary N) is 1. The molecule has 0 aliphatic carbocycles. The second-order valence-electron chi connectivity index (χ2n) is 4.45. The predicted molar refractivity (Wildman–Crippen MR) is 55.6 cm³/mol. The van der Waals surface area contributed by atoms with Crippen molar-refractivity contribution in [1.82, 2.24) is 10.2 Å². The standard InChI is InChI=1S/C10H16N2O4/c1-6(2)16-9(15)12-5-7(13)11-8(14)10(12,3)4/h6H,5H2,1-4H3,(H,11,13,14). The summed E-state index contributed by atoms with van der Waals surface area (Å²) < 4.78 is 4.98. The molecule has 3 amide bonds. The minimum atomic E-state index is -1.07. The summed E-state index contributed by atoms with van der Waals surface area (Å²) in [6.07, 6.45) is -0.938. The van der Waals surface area contributed by atoms with Crippen molar-refractivity contribution in [3.05, 3.63) is 0 Å². The Bertz CT molecular complexity index is 336. The summed E-state index contributed by atoms with van der Waals surface area (Å²) in [5, 5.41) is 2.18. The Morgan fingerprint density at radius 1 is 1.44 bits per heavy atom. The molecule has 16 heavy (non-hydrogen) atoms. The van der Waals surface area contributed by atoms with Gasteiger partial charge >= 0.3 is 6.09 Å². The summed E-state index contributed by atoms with van der Waals surface area (Å²) in [5.41, 5.74) is -1.07. The van der Waals surface area contributed by atoms with E-state index in [9.17, 15) is 14.4 Å². The minimum Gasteiger partial charge on any atom is -0.447 e. The Labute approximate surface area is 93.9 Å². The van der Waals surface area contributed by atoms with E-state index >= 15 is 0 Å². The van der Waals surface area contributed by atoms with Crippen molar-refractivity contribution >= 4 is 17.9 Å². The van der Waals surface area contributed by atoms with Crippen molar-refractivity contribution in [3.63, 3.8) is 0 Å². The Balaban J connectivity index is 2.87. The topological polar surface area (TPSA) is 75.7 Å². The molecule has 0 bridgehead atoms. The summed E-state index contributed by atoms with van der Waals surface area (Å²) in [7, 11) is 0. The van der Waals surface area contributed by atoms with Gasteiger partial charge in [0.2, 0.25) is 5.91 Å². The molecular formula is C10H16N2O4. The smallest absolute Gasteiger partial charge is 0.411 e. The summed E-state index contributed by atoms with van der Waals surface area (Å²) in [6, 6.07) is 0. The number of carbonyl (C=O) groups is 3.